The molecule has 0 N–H and O–H groups in total. The van der Waals surface area contributed by atoms with Gasteiger partial charge in [-0.05, 0) is 69.8 Å². The minimum Gasteiger partial charge on any atom is -0.377 e. The van der Waals surface area contributed by atoms with Crippen LogP contribution >= 0.6 is 0 Å². The first-order valence-corrected chi connectivity index (χ1v) is 10.4. The fraction of sp³-hybridized carbons (Fsp3) is 0.259. The Balaban J connectivity index is 1.41. The van der Waals surface area contributed by atoms with E-state index in [0.29, 0.717) is 12.5 Å². The molecule has 1 heteroatoms. The minimum absolute atomic E-state index is 0.601. The van der Waals surface area contributed by atoms with Crippen molar-refractivity contribution in [2.24, 2.45) is 0 Å². The van der Waals surface area contributed by atoms with Gasteiger partial charge in [-0.15, -0.1) is 0 Å². The monoisotopic (exact) mass is 366 g/mol. The maximum absolute atomic E-state index is 6.02. The molecule has 5 rings (SSSR count). The van der Waals surface area contributed by atoms with Crippen LogP contribution in [-0.2, 0) is 17.8 Å². The van der Waals surface area contributed by atoms with Crippen LogP contribution in [0.1, 0.15) is 41.9 Å². The van der Waals surface area contributed by atoms with E-state index < -0.39 is 0 Å². The molecule has 0 radical (unpaired) electrons. The second kappa shape index (κ2) is 7.77. The van der Waals surface area contributed by atoms with Crippen molar-refractivity contribution < 1.29 is 4.74 Å². The summed E-state index contributed by atoms with van der Waals surface area (Å²) < 4.78 is 6.02. The molecule has 1 aliphatic carbocycles. The predicted octanol–water partition coefficient (Wildman–Crippen LogP) is 7.02. The van der Waals surface area contributed by atoms with Gasteiger partial charge in [0, 0.05) is 6.61 Å². The molecule has 1 atom stereocenters. The molecule has 4 aromatic carbocycles. The van der Waals surface area contributed by atoms with Gasteiger partial charge in [-0.2, -0.15) is 0 Å². The van der Waals surface area contributed by atoms with E-state index in [0.717, 1.165) is 13.0 Å². The van der Waals surface area contributed by atoms with Gasteiger partial charge in [-0.3, -0.25) is 0 Å². The van der Waals surface area contributed by atoms with E-state index in [2.05, 4.69) is 78.9 Å². The molecule has 1 nitrogen and oxygen atoms in total. The fourth-order valence-corrected chi connectivity index (χ4v) is 4.82. The third-order valence-corrected chi connectivity index (χ3v) is 6.19. The van der Waals surface area contributed by atoms with E-state index in [9.17, 15) is 0 Å². The lowest BCUT2D eigenvalue weighted by Gasteiger charge is -2.27. The minimum atomic E-state index is 0.601. The van der Waals surface area contributed by atoms with Gasteiger partial charge in [-0.25, -0.2) is 0 Å². The van der Waals surface area contributed by atoms with Crippen LogP contribution in [0.25, 0.3) is 21.5 Å². The molecular formula is C27H26O. The molecule has 0 fully saturated rings. The van der Waals surface area contributed by atoms with Crippen molar-refractivity contribution in [2.75, 3.05) is 6.61 Å². The molecule has 1 aliphatic rings. The maximum atomic E-state index is 6.02. The topological polar surface area (TPSA) is 9.23 Å². The zero-order chi connectivity index (χ0) is 18.8. The van der Waals surface area contributed by atoms with Crippen molar-refractivity contribution in [1.29, 1.82) is 0 Å². The summed E-state index contributed by atoms with van der Waals surface area (Å²) in [6, 6.07) is 28.6. The van der Waals surface area contributed by atoms with Crippen LogP contribution in [0.4, 0.5) is 0 Å². The largest absolute Gasteiger partial charge is 0.377 e. The van der Waals surface area contributed by atoms with E-state index in [1.54, 1.807) is 11.1 Å². The third kappa shape index (κ3) is 3.31. The number of rotatable bonds is 5. The lowest BCUT2D eigenvalue weighted by molar-refractivity contribution is 0.112. The molecule has 0 spiro atoms. The van der Waals surface area contributed by atoms with Crippen LogP contribution in [0.3, 0.4) is 0 Å². The van der Waals surface area contributed by atoms with E-state index in [-0.39, 0.29) is 0 Å². The van der Waals surface area contributed by atoms with Gasteiger partial charge in [0.1, 0.15) is 0 Å². The van der Waals surface area contributed by atoms with Crippen LogP contribution < -0.4 is 0 Å². The van der Waals surface area contributed by atoms with Gasteiger partial charge in [0.05, 0.1) is 6.61 Å². The van der Waals surface area contributed by atoms with Crippen LogP contribution in [0.15, 0.2) is 78.9 Å². The molecule has 4 aromatic rings. The highest BCUT2D eigenvalue weighted by molar-refractivity contribution is 6.08. The van der Waals surface area contributed by atoms with Crippen LogP contribution in [-0.4, -0.2) is 6.61 Å². The standard InChI is InChI=1S/C27H26O/c1-2-7-20(8-3-1)19-28-18-17-23-11-6-10-22-14-15-25-24-12-5-4-9-21(24)13-16-26(25)27(22)23/h1-5,7-9,12-16,23H,6,10-11,17-19H2. The number of benzene rings is 4. The van der Waals surface area contributed by atoms with Crippen molar-refractivity contribution >= 4 is 21.5 Å². The Bertz CT molecular complexity index is 1100. The van der Waals surface area contributed by atoms with Gasteiger partial charge >= 0.3 is 0 Å². The van der Waals surface area contributed by atoms with Crippen LogP contribution in [0, 0.1) is 0 Å². The van der Waals surface area contributed by atoms with Gasteiger partial charge in [0.25, 0.3) is 0 Å². The van der Waals surface area contributed by atoms with Gasteiger partial charge < -0.3 is 4.74 Å². The molecule has 1 unspecified atom stereocenters. The van der Waals surface area contributed by atoms with Crippen molar-refractivity contribution in [1.82, 2.24) is 0 Å². The summed E-state index contributed by atoms with van der Waals surface area (Å²) >= 11 is 0. The lowest BCUT2D eigenvalue weighted by Crippen LogP contribution is -2.13. The lowest BCUT2D eigenvalue weighted by atomic mass is 9.78. The second-order valence-electron chi connectivity index (χ2n) is 7.94. The Morgan fingerprint density at radius 2 is 1.57 bits per heavy atom. The summed E-state index contributed by atoms with van der Waals surface area (Å²) in [6.45, 7) is 1.53. The third-order valence-electron chi connectivity index (χ3n) is 6.19. The molecular weight excluding hydrogens is 340 g/mol. The highest BCUT2D eigenvalue weighted by atomic mass is 16.5. The van der Waals surface area contributed by atoms with Gasteiger partial charge in [-0.1, -0.05) is 78.9 Å². The van der Waals surface area contributed by atoms with Crippen molar-refractivity contribution in [2.45, 2.75) is 38.2 Å². The van der Waals surface area contributed by atoms with Crippen LogP contribution in [0.2, 0.25) is 0 Å². The molecule has 0 amide bonds. The van der Waals surface area contributed by atoms with Crippen molar-refractivity contribution in [3.05, 3.63) is 95.6 Å². The number of hydrogen-bond donors (Lipinski definition) is 0. The summed E-state index contributed by atoms with van der Waals surface area (Å²) in [5, 5.41) is 5.54. The summed E-state index contributed by atoms with van der Waals surface area (Å²) in [7, 11) is 0. The SMILES string of the molecule is c1ccc(COCCC2CCCc3ccc4c(ccc5ccccc54)c32)cc1. The first-order valence-electron chi connectivity index (χ1n) is 10.4. The van der Waals surface area contributed by atoms with Gasteiger partial charge in [0.15, 0.2) is 0 Å². The number of ether oxygens (including phenoxy) is 1. The fourth-order valence-electron chi connectivity index (χ4n) is 4.82. The summed E-state index contributed by atoms with van der Waals surface area (Å²) in [5.74, 6) is 0.601. The zero-order valence-electron chi connectivity index (χ0n) is 16.2. The summed E-state index contributed by atoms with van der Waals surface area (Å²) in [5.41, 5.74) is 4.38. The van der Waals surface area contributed by atoms with E-state index in [1.165, 1.54) is 46.4 Å². The first kappa shape index (κ1) is 17.5. The first-order chi connectivity index (χ1) is 13.9. The van der Waals surface area contributed by atoms with Gasteiger partial charge in [0.2, 0.25) is 0 Å². The Labute approximate surface area is 167 Å². The van der Waals surface area contributed by atoms with Crippen molar-refractivity contribution in [3.63, 3.8) is 0 Å². The number of aryl methyl sites for hydroxylation is 1. The average molecular weight is 367 g/mol. The Kier molecular flexibility index (Phi) is 4.85. The van der Waals surface area contributed by atoms with E-state index in [4.69, 9.17) is 4.74 Å². The summed E-state index contributed by atoms with van der Waals surface area (Å²) in [6.07, 6.45) is 4.87. The molecule has 0 aromatic heterocycles. The summed E-state index contributed by atoms with van der Waals surface area (Å²) in [4.78, 5) is 0. The zero-order valence-corrected chi connectivity index (χ0v) is 16.2. The average Bonchev–Trinajstić information content (AvgIpc) is 2.77. The maximum Gasteiger partial charge on any atom is 0.0716 e. The molecule has 28 heavy (non-hydrogen) atoms. The molecule has 0 saturated carbocycles. The Morgan fingerprint density at radius 3 is 2.50 bits per heavy atom. The van der Waals surface area contributed by atoms with E-state index >= 15 is 0 Å². The molecule has 0 heterocycles. The van der Waals surface area contributed by atoms with E-state index in [1.807, 2.05) is 0 Å². The highest BCUT2D eigenvalue weighted by Gasteiger charge is 2.22. The molecule has 0 bridgehead atoms. The quantitative estimate of drug-likeness (QED) is 0.272. The highest BCUT2D eigenvalue weighted by Crippen LogP contribution is 2.40. The number of fused-ring (bicyclic) bond motifs is 5. The second-order valence-corrected chi connectivity index (χ2v) is 7.94. The van der Waals surface area contributed by atoms with Crippen molar-refractivity contribution in [3.8, 4) is 0 Å². The Hall–Kier alpha value is -2.64. The Morgan fingerprint density at radius 1 is 0.750 bits per heavy atom. The molecule has 140 valence electrons. The molecule has 0 aliphatic heterocycles. The molecule has 0 saturated heterocycles. The smallest absolute Gasteiger partial charge is 0.0716 e. The normalized spacial score (nSPS) is 16.4. The predicted molar refractivity (Wildman–Crippen MR) is 118 cm³/mol. The number of hydrogen-bond acceptors (Lipinski definition) is 1. The van der Waals surface area contributed by atoms with Crippen LogP contribution in [0.5, 0.6) is 0 Å².